The number of aromatic nitrogens is 1. The first kappa shape index (κ1) is 17.6. The van der Waals surface area contributed by atoms with E-state index in [0.29, 0.717) is 25.0 Å². The van der Waals surface area contributed by atoms with Gasteiger partial charge < -0.3 is 15.2 Å². The van der Waals surface area contributed by atoms with E-state index in [0.717, 1.165) is 18.7 Å². The number of thioether (sulfide) groups is 2. The molecule has 0 saturated carbocycles. The monoisotopic (exact) mass is 348 g/mol. The molecule has 2 unspecified atom stereocenters. The van der Waals surface area contributed by atoms with Gasteiger partial charge in [0.2, 0.25) is 0 Å². The molecule has 2 N–H and O–H groups in total. The van der Waals surface area contributed by atoms with Crippen LogP contribution in [0.5, 0.6) is 0 Å². The molecular weight excluding hydrogens is 324 g/mol. The zero-order valence-corrected chi connectivity index (χ0v) is 14.9. The Morgan fingerprint density at radius 3 is 3.14 bits per heavy atom. The summed E-state index contributed by atoms with van der Waals surface area (Å²) >= 11 is 5.73. The van der Waals surface area contributed by atoms with Gasteiger partial charge in [-0.3, -0.25) is 0 Å². The molecule has 1 aromatic heterocycles. The molecule has 120 valence electrons. The lowest BCUT2D eigenvalue weighted by Gasteiger charge is -2.22. The number of nitrogens with zero attached hydrogens (tertiary/aromatic N) is 1. The molecule has 1 aliphatic rings. The number of rotatable bonds is 9. The van der Waals surface area contributed by atoms with Gasteiger partial charge in [0.1, 0.15) is 0 Å². The smallest absolute Gasteiger partial charge is 0.0897 e. The van der Waals surface area contributed by atoms with E-state index >= 15 is 0 Å². The molecule has 21 heavy (non-hydrogen) atoms. The summed E-state index contributed by atoms with van der Waals surface area (Å²) in [5.74, 6) is 3.75. The average molecular weight is 349 g/mol. The number of hydrogen-bond acceptors (Lipinski definition) is 7. The molecule has 0 radical (unpaired) electrons. The standard InChI is InChI=1S/C14H24N2O2S3/c1-11-14(21-10-16-11)2-3-18-8-12(17)6-15-7-13-9-19-4-5-20-13/h10,12-13,15,17H,2-9H2,1H3. The number of aliphatic hydroxyl groups is 1. The topological polar surface area (TPSA) is 54.4 Å². The summed E-state index contributed by atoms with van der Waals surface area (Å²) in [5.41, 5.74) is 2.96. The van der Waals surface area contributed by atoms with Gasteiger partial charge in [-0.1, -0.05) is 0 Å². The SMILES string of the molecule is Cc1ncsc1CCOCC(O)CNCC1CSCCS1. The molecule has 1 saturated heterocycles. The zero-order valence-electron chi connectivity index (χ0n) is 12.4. The lowest BCUT2D eigenvalue weighted by molar-refractivity contribution is 0.0387. The van der Waals surface area contributed by atoms with Crippen LogP contribution < -0.4 is 5.32 Å². The Hall–Kier alpha value is 0.210. The maximum Gasteiger partial charge on any atom is 0.0897 e. The highest BCUT2D eigenvalue weighted by atomic mass is 32.2. The van der Waals surface area contributed by atoms with Crippen LogP contribution in [0.4, 0.5) is 0 Å². The van der Waals surface area contributed by atoms with Crippen molar-refractivity contribution < 1.29 is 9.84 Å². The van der Waals surface area contributed by atoms with Crippen molar-refractivity contribution in [3.63, 3.8) is 0 Å². The number of aliphatic hydroxyl groups excluding tert-OH is 1. The van der Waals surface area contributed by atoms with Gasteiger partial charge in [0.05, 0.1) is 30.5 Å². The van der Waals surface area contributed by atoms with Gasteiger partial charge in [-0.25, -0.2) is 4.98 Å². The Labute approximate surface area is 139 Å². The predicted octanol–water partition coefficient (Wildman–Crippen LogP) is 1.81. The van der Waals surface area contributed by atoms with Crippen molar-refractivity contribution in [1.29, 1.82) is 0 Å². The molecule has 0 aliphatic carbocycles. The fraction of sp³-hybridized carbons (Fsp3) is 0.786. The highest BCUT2D eigenvalue weighted by Gasteiger charge is 2.14. The van der Waals surface area contributed by atoms with Gasteiger partial charge in [0, 0.05) is 46.9 Å². The van der Waals surface area contributed by atoms with E-state index in [4.69, 9.17) is 4.74 Å². The van der Waals surface area contributed by atoms with Crippen molar-refractivity contribution >= 4 is 34.9 Å². The van der Waals surface area contributed by atoms with E-state index in [9.17, 15) is 5.11 Å². The zero-order chi connectivity index (χ0) is 14.9. The summed E-state index contributed by atoms with van der Waals surface area (Å²) in [4.78, 5) is 5.49. The second kappa shape index (κ2) is 10.1. The summed E-state index contributed by atoms with van der Waals surface area (Å²) in [6.45, 7) is 4.66. The molecule has 1 aromatic rings. The minimum Gasteiger partial charge on any atom is -0.389 e. The third kappa shape index (κ3) is 6.88. The average Bonchev–Trinajstić information content (AvgIpc) is 2.90. The maximum absolute atomic E-state index is 9.88. The van der Waals surface area contributed by atoms with E-state index in [2.05, 4.69) is 10.3 Å². The van der Waals surface area contributed by atoms with E-state index in [-0.39, 0.29) is 0 Å². The molecule has 2 rings (SSSR count). The molecule has 4 nitrogen and oxygen atoms in total. The summed E-state index contributed by atoms with van der Waals surface area (Å²) in [5, 5.41) is 13.9. The first-order valence-electron chi connectivity index (χ1n) is 7.30. The molecule has 1 aliphatic heterocycles. The maximum atomic E-state index is 9.88. The minimum atomic E-state index is -0.422. The Morgan fingerprint density at radius 1 is 1.52 bits per heavy atom. The minimum absolute atomic E-state index is 0.400. The van der Waals surface area contributed by atoms with E-state index in [1.165, 1.54) is 22.1 Å². The van der Waals surface area contributed by atoms with Crippen LogP contribution in [0.3, 0.4) is 0 Å². The number of thiazole rings is 1. The molecule has 0 aromatic carbocycles. The highest BCUT2D eigenvalue weighted by Crippen LogP contribution is 2.23. The lowest BCUT2D eigenvalue weighted by atomic mass is 10.3. The van der Waals surface area contributed by atoms with Crippen LogP contribution in [-0.2, 0) is 11.2 Å². The fourth-order valence-corrected chi connectivity index (χ4v) is 5.48. The third-order valence-electron chi connectivity index (χ3n) is 3.27. The summed E-state index contributed by atoms with van der Waals surface area (Å²) < 4.78 is 5.55. The highest BCUT2D eigenvalue weighted by molar-refractivity contribution is 8.06. The molecule has 0 spiro atoms. The van der Waals surface area contributed by atoms with Crippen molar-refractivity contribution in [3.8, 4) is 0 Å². The number of nitrogens with one attached hydrogen (secondary N) is 1. The molecule has 2 atom stereocenters. The van der Waals surface area contributed by atoms with Crippen molar-refractivity contribution in [2.75, 3.05) is 43.6 Å². The third-order valence-corrected chi connectivity index (χ3v) is 7.11. The Balaban J connectivity index is 1.47. The number of aryl methyl sites for hydroxylation is 1. The Kier molecular flexibility index (Phi) is 8.42. The number of ether oxygens (including phenoxy) is 1. The number of hydrogen-bond donors (Lipinski definition) is 2. The van der Waals surface area contributed by atoms with Crippen molar-refractivity contribution in [2.45, 2.75) is 24.7 Å². The lowest BCUT2D eigenvalue weighted by Crippen LogP contribution is -2.36. The molecule has 0 bridgehead atoms. The fourth-order valence-electron chi connectivity index (χ4n) is 2.07. The molecule has 7 heteroatoms. The van der Waals surface area contributed by atoms with Crippen LogP contribution in [0, 0.1) is 6.92 Å². The molecule has 1 fully saturated rings. The van der Waals surface area contributed by atoms with Gasteiger partial charge in [0.25, 0.3) is 0 Å². The van der Waals surface area contributed by atoms with Crippen LogP contribution in [-0.4, -0.2) is 65.0 Å². The van der Waals surface area contributed by atoms with Crippen LogP contribution in [0.15, 0.2) is 5.51 Å². The Morgan fingerprint density at radius 2 is 2.43 bits per heavy atom. The predicted molar refractivity (Wildman–Crippen MR) is 93.8 cm³/mol. The van der Waals surface area contributed by atoms with Crippen molar-refractivity contribution in [1.82, 2.24) is 10.3 Å². The quantitative estimate of drug-likeness (QED) is 0.664. The van der Waals surface area contributed by atoms with E-state index in [1.807, 2.05) is 36.0 Å². The Bertz CT molecular complexity index is 397. The summed E-state index contributed by atoms with van der Waals surface area (Å²) in [7, 11) is 0. The van der Waals surface area contributed by atoms with Crippen molar-refractivity contribution in [3.05, 3.63) is 16.1 Å². The second-order valence-electron chi connectivity index (χ2n) is 5.07. The van der Waals surface area contributed by atoms with Gasteiger partial charge in [-0.05, 0) is 6.92 Å². The van der Waals surface area contributed by atoms with E-state index < -0.39 is 6.10 Å². The largest absolute Gasteiger partial charge is 0.389 e. The molecule has 2 heterocycles. The second-order valence-corrected chi connectivity index (χ2v) is 8.56. The van der Waals surface area contributed by atoms with Gasteiger partial charge >= 0.3 is 0 Å². The van der Waals surface area contributed by atoms with Crippen LogP contribution >= 0.6 is 34.9 Å². The van der Waals surface area contributed by atoms with Crippen molar-refractivity contribution in [2.24, 2.45) is 0 Å². The normalized spacial score (nSPS) is 20.6. The van der Waals surface area contributed by atoms with Gasteiger partial charge in [0.15, 0.2) is 0 Å². The van der Waals surface area contributed by atoms with Gasteiger partial charge in [-0.2, -0.15) is 23.5 Å². The summed E-state index contributed by atoms with van der Waals surface area (Å²) in [6.07, 6.45) is 0.459. The van der Waals surface area contributed by atoms with E-state index in [1.54, 1.807) is 11.3 Å². The summed E-state index contributed by atoms with van der Waals surface area (Å²) in [6, 6.07) is 0. The van der Waals surface area contributed by atoms with Crippen LogP contribution in [0.1, 0.15) is 10.6 Å². The molecule has 0 amide bonds. The van der Waals surface area contributed by atoms with Crippen LogP contribution in [0.2, 0.25) is 0 Å². The first-order valence-corrected chi connectivity index (χ1v) is 10.4. The molecular formula is C14H24N2O2S3. The van der Waals surface area contributed by atoms with Crippen LogP contribution in [0.25, 0.3) is 0 Å². The first-order chi connectivity index (χ1) is 10.3. The van der Waals surface area contributed by atoms with Gasteiger partial charge in [-0.15, -0.1) is 11.3 Å².